The van der Waals surface area contributed by atoms with Crippen LogP contribution < -0.4 is 14.8 Å². The van der Waals surface area contributed by atoms with E-state index in [-0.39, 0.29) is 11.7 Å². The quantitative estimate of drug-likeness (QED) is 0.291. The van der Waals surface area contributed by atoms with Crippen molar-refractivity contribution >= 4 is 5.97 Å². The summed E-state index contributed by atoms with van der Waals surface area (Å²) in [7, 11) is 0. The van der Waals surface area contributed by atoms with E-state index in [0.29, 0.717) is 24.6 Å². The minimum atomic E-state index is -1.04. The first kappa shape index (κ1) is 24.5. The van der Waals surface area contributed by atoms with Gasteiger partial charge in [-0.2, -0.15) is 0 Å². The number of rotatable bonds is 9. The number of carboxylic acid groups (broad SMARTS) is 1. The Morgan fingerprint density at radius 1 is 1.05 bits per heavy atom. The van der Waals surface area contributed by atoms with Gasteiger partial charge in [0.1, 0.15) is 28.9 Å². The molecule has 0 bridgehead atoms. The largest absolute Gasteiger partial charge is 0.489 e. The van der Waals surface area contributed by atoms with Crippen LogP contribution in [-0.4, -0.2) is 40.4 Å². The lowest BCUT2D eigenvalue weighted by Gasteiger charge is -2.27. The number of nitrogens with one attached hydrogen (secondary N) is 1. The Bertz CT molecular complexity index is 1360. The van der Waals surface area contributed by atoms with Gasteiger partial charge in [0.15, 0.2) is 0 Å². The molecule has 0 aliphatic carbocycles. The summed E-state index contributed by atoms with van der Waals surface area (Å²) in [6.07, 6.45) is 4.47. The molecule has 0 saturated heterocycles. The van der Waals surface area contributed by atoms with Crippen molar-refractivity contribution in [2.75, 3.05) is 13.1 Å². The molecule has 1 aliphatic rings. The molecule has 7 heteroatoms. The van der Waals surface area contributed by atoms with Crippen molar-refractivity contribution in [2.24, 2.45) is 0 Å². The molecule has 0 radical (unpaired) electrons. The highest BCUT2D eigenvalue weighted by molar-refractivity contribution is 5.92. The zero-order valence-corrected chi connectivity index (χ0v) is 20.2. The Morgan fingerprint density at radius 2 is 1.86 bits per heavy atom. The second kappa shape index (κ2) is 11.2. The number of aromatic nitrogens is 1. The molecule has 1 aromatic heterocycles. The van der Waals surface area contributed by atoms with Crippen LogP contribution in [-0.2, 0) is 6.42 Å². The first-order valence-electron chi connectivity index (χ1n) is 12.3. The summed E-state index contributed by atoms with van der Waals surface area (Å²) in [5.41, 5.74) is 3.83. The molecule has 2 heterocycles. The minimum absolute atomic E-state index is 0.0140. The number of aliphatic hydroxyl groups is 1. The fourth-order valence-corrected chi connectivity index (χ4v) is 4.42. The monoisotopic (exact) mass is 496 g/mol. The Morgan fingerprint density at radius 3 is 2.65 bits per heavy atom. The lowest BCUT2D eigenvalue weighted by Crippen LogP contribution is -2.36. The molecule has 4 aromatic rings. The van der Waals surface area contributed by atoms with E-state index < -0.39 is 12.1 Å². The predicted molar refractivity (Wildman–Crippen MR) is 140 cm³/mol. The van der Waals surface area contributed by atoms with Crippen LogP contribution in [0.3, 0.4) is 0 Å². The van der Waals surface area contributed by atoms with Gasteiger partial charge in [-0.1, -0.05) is 36.4 Å². The summed E-state index contributed by atoms with van der Waals surface area (Å²) in [5.74, 6) is 0.680. The highest BCUT2D eigenvalue weighted by Gasteiger charge is 2.21. The van der Waals surface area contributed by atoms with Crippen molar-refractivity contribution in [3.63, 3.8) is 0 Å². The first-order chi connectivity index (χ1) is 18.1. The van der Waals surface area contributed by atoms with Gasteiger partial charge in [0, 0.05) is 31.0 Å². The van der Waals surface area contributed by atoms with Crippen molar-refractivity contribution in [1.82, 2.24) is 10.3 Å². The number of benzene rings is 3. The molecule has 188 valence electrons. The summed E-state index contributed by atoms with van der Waals surface area (Å²) in [4.78, 5) is 15.8. The van der Waals surface area contributed by atoms with Gasteiger partial charge in [0.2, 0.25) is 0 Å². The van der Waals surface area contributed by atoms with Gasteiger partial charge in [0.05, 0.1) is 6.10 Å². The Balaban J connectivity index is 1.25. The standard InChI is InChI=1S/C30H28N2O5/c33-27(23-5-4-14-31-17-23)19-32-18-25-11-8-22-15-20(10-13-28(22)37-25)21-9-12-26(30(34)35)29(16-21)36-24-6-2-1-3-7-24/h1-7,9-10,12-17,25,27,32-33H,8,11,18-19H2,(H,34,35)/t25-,27-/m1/s1. The Hall–Kier alpha value is -4.20. The zero-order chi connectivity index (χ0) is 25.6. The first-order valence-corrected chi connectivity index (χ1v) is 12.3. The van der Waals surface area contributed by atoms with Crippen LogP contribution in [0.1, 0.15) is 34.0 Å². The molecule has 37 heavy (non-hydrogen) atoms. The molecule has 0 saturated carbocycles. The van der Waals surface area contributed by atoms with Crippen molar-refractivity contribution in [3.8, 4) is 28.4 Å². The molecule has 3 aromatic carbocycles. The van der Waals surface area contributed by atoms with E-state index >= 15 is 0 Å². The number of hydrogen-bond acceptors (Lipinski definition) is 6. The van der Waals surface area contributed by atoms with Gasteiger partial charge in [0.25, 0.3) is 0 Å². The minimum Gasteiger partial charge on any atom is -0.489 e. The molecule has 0 fully saturated rings. The van der Waals surface area contributed by atoms with E-state index in [4.69, 9.17) is 9.47 Å². The van der Waals surface area contributed by atoms with E-state index in [2.05, 4.69) is 16.4 Å². The zero-order valence-electron chi connectivity index (χ0n) is 20.2. The number of carboxylic acids is 1. The molecular formula is C30H28N2O5. The molecule has 0 spiro atoms. The molecule has 1 aliphatic heterocycles. The number of ether oxygens (including phenoxy) is 2. The average molecular weight is 497 g/mol. The van der Waals surface area contributed by atoms with Gasteiger partial charge >= 0.3 is 5.97 Å². The molecule has 7 nitrogen and oxygen atoms in total. The van der Waals surface area contributed by atoms with Crippen LogP contribution in [0.15, 0.2) is 91.3 Å². The molecule has 0 amide bonds. The number of aliphatic hydroxyl groups excluding tert-OH is 1. The van der Waals surface area contributed by atoms with Crippen molar-refractivity contribution in [3.05, 3.63) is 108 Å². The number of para-hydroxylation sites is 1. The van der Waals surface area contributed by atoms with Crippen LogP contribution in [0.2, 0.25) is 0 Å². The summed E-state index contributed by atoms with van der Waals surface area (Å²) in [5, 5.41) is 23.2. The van der Waals surface area contributed by atoms with Gasteiger partial charge < -0.3 is 25.0 Å². The summed E-state index contributed by atoms with van der Waals surface area (Å²) in [6, 6.07) is 24.0. The number of pyridine rings is 1. The van der Waals surface area contributed by atoms with Crippen LogP contribution >= 0.6 is 0 Å². The van der Waals surface area contributed by atoms with Crippen LogP contribution in [0.5, 0.6) is 17.2 Å². The summed E-state index contributed by atoms with van der Waals surface area (Å²) < 4.78 is 12.1. The number of fused-ring (bicyclic) bond motifs is 1. The lowest BCUT2D eigenvalue weighted by atomic mass is 9.96. The van der Waals surface area contributed by atoms with Gasteiger partial charge in [-0.15, -0.1) is 0 Å². The number of aromatic carboxylic acids is 1. The number of carbonyl (C=O) groups is 1. The smallest absolute Gasteiger partial charge is 0.339 e. The van der Waals surface area contributed by atoms with E-state index in [1.165, 1.54) is 0 Å². The third-order valence-corrected chi connectivity index (χ3v) is 6.39. The van der Waals surface area contributed by atoms with E-state index in [9.17, 15) is 15.0 Å². The molecular weight excluding hydrogens is 468 g/mol. The topological polar surface area (TPSA) is 101 Å². The maximum atomic E-state index is 11.7. The molecule has 5 rings (SSSR count). The summed E-state index contributed by atoms with van der Waals surface area (Å²) >= 11 is 0. The van der Waals surface area contributed by atoms with Crippen molar-refractivity contribution < 1.29 is 24.5 Å². The Kier molecular flexibility index (Phi) is 7.44. The fraction of sp³-hybridized carbons (Fsp3) is 0.200. The molecule has 0 unspecified atom stereocenters. The third-order valence-electron chi connectivity index (χ3n) is 6.39. The van der Waals surface area contributed by atoms with E-state index in [1.807, 2.05) is 42.5 Å². The van der Waals surface area contributed by atoms with Crippen LogP contribution in [0.4, 0.5) is 0 Å². The number of aryl methyl sites for hydroxylation is 1. The maximum Gasteiger partial charge on any atom is 0.339 e. The lowest BCUT2D eigenvalue weighted by molar-refractivity contribution is 0.0694. The van der Waals surface area contributed by atoms with Crippen LogP contribution in [0.25, 0.3) is 11.1 Å². The number of hydrogen-bond donors (Lipinski definition) is 3. The van der Waals surface area contributed by atoms with Crippen molar-refractivity contribution in [1.29, 1.82) is 0 Å². The van der Waals surface area contributed by atoms with E-state index in [0.717, 1.165) is 40.8 Å². The maximum absolute atomic E-state index is 11.7. The SMILES string of the molecule is O=C(O)c1ccc(-c2ccc3c(c2)CC[C@H](CNC[C@@H](O)c2cccnc2)O3)cc1Oc1ccccc1. The average Bonchev–Trinajstić information content (AvgIpc) is 2.93. The highest BCUT2D eigenvalue weighted by Crippen LogP contribution is 2.35. The molecule has 2 atom stereocenters. The third kappa shape index (κ3) is 5.97. The highest BCUT2D eigenvalue weighted by atomic mass is 16.5. The number of nitrogens with zero attached hydrogens (tertiary/aromatic N) is 1. The Labute approximate surface area is 215 Å². The van der Waals surface area contributed by atoms with Gasteiger partial charge in [-0.3, -0.25) is 4.98 Å². The summed E-state index contributed by atoms with van der Waals surface area (Å²) in [6.45, 7) is 1.06. The van der Waals surface area contributed by atoms with Gasteiger partial charge in [-0.25, -0.2) is 4.79 Å². The van der Waals surface area contributed by atoms with Crippen molar-refractivity contribution in [2.45, 2.75) is 25.0 Å². The normalized spacial score (nSPS) is 15.3. The van der Waals surface area contributed by atoms with Gasteiger partial charge in [-0.05, 0) is 72.0 Å². The second-order valence-electron chi connectivity index (χ2n) is 8.99. The van der Waals surface area contributed by atoms with Crippen LogP contribution in [0, 0.1) is 0 Å². The molecule has 3 N–H and O–H groups in total. The van der Waals surface area contributed by atoms with E-state index in [1.54, 1.807) is 42.7 Å². The fourth-order valence-electron chi connectivity index (χ4n) is 4.42. The second-order valence-corrected chi connectivity index (χ2v) is 8.99. The predicted octanol–water partition coefficient (Wildman–Crippen LogP) is 5.26.